The largest absolute Gasteiger partial charge is 0.287 e. The maximum atomic E-state index is 11.7. The molecule has 70 valence electrons. The first-order valence-corrected chi connectivity index (χ1v) is 5.16. The third kappa shape index (κ3) is 1.59. The summed E-state index contributed by atoms with van der Waals surface area (Å²) in [4.78, 5) is 17.7. The molecule has 3 nitrogen and oxygen atoms in total. The fourth-order valence-electron chi connectivity index (χ4n) is 1.31. The van der Waals surface area contributed by atoms with Gasteiger partial charge in [0.15, 0.2) is 0 Å². The van der Waals surface area contributed by atoms with Crippen LogP contribution in [0.25, 0.3) is 0 Å². The van der Waals surface area contributed by atoms with E-state index in [1.807, 2.05) is 18.4 Å². The number of hydrogen-bond acceptors (Lipinski definition) is 3. The minimum atomic E-state index is 0.00463. The Labute approximate surface area is 80.9 Å². The van der Waals surface area contributed by atoms with Crippen molar-refractivity contribution in [3.8, 4) is 0 Å². The minimum absolute atomic E-state index is 0.00463. The maximum Gasteiger partial charge on any atom is 0.287 e. The van der Waals surface area contributed by atoms with Gasteiger partial charge in [0.25, 0.3) is 5.91 Å². The smallest absolute Gasteiger partial charge is 0.271 e. The summed E-state index contributed by atoms with van der Waals surface area (Å²) >= 11 is 1.47. The number of carbonyl (C=O) groups excluding carboxylic acids is 1. The van der Waals surface area contributed by atoms with Crippen molar-refractivity contribution in [2.45, 2.75) is 13.3 Å². The maximum absolute atomic E-state index is 11.7. The van der Waals surface area contributed by atoms with Gasteiger partial charge in [0.2, 0.25) is 0 Å². The molecule has 1 aliphatic heterocycles. The van der Waals surface area contributed by atoms with E-state index in [1.54, 1.807) is 0 Å². The highest BCUT2D eigenvalue weighted by atomic mass is 32.1. The van der Waals surface area contributed by atoms with Crippen LogP contribution in [-0.4, -0.2) is 24.1 Å². The molecular formula is C9H11NO2S. The predicted molar refractivity (Wildman–Crippen MR) is 50.7 cm³/mol. The highest BCUT2D eigenvalue weighted by Gasteiger charge is 2.22. The van der Waals surface area contributed by atoms with E-state index >= 15 is 0 Å². The van der Waals surface area contributed by atoms with Crippen molar-refractivity contribution >= 4 is 17.2 Å². The molecule has 0 atom stereocenters. The molecule has 1 aliphatic rings. The molecule has 0 bridgehead atoms. The SMILES string of the molecule is Cc1ccsc1C(=O)N1CCCO1. The molecule has 13 heavy (non-hydrogen) atoms. The van der Waals surface area contributed by atoms with Gasteiger partial charge in [-0.2, -0.15) is 0 Å². The lowest BCUT2D eigenvalue weighted by Gasteiger charge is -2.12. The molecule has 0 spiro atoms. The Bertz CT molecular complexity index is 315. The fourth-order valence-corrected chi connectivity index (χ4v) is 2.18. The molecular weight excluding hydrogens is 186 g/mol. The van der Waals surface area contributed by atoms with Crippen molar-refractivity contribution in [3.05, 3.63) is 21.9 Å². The number of thiophene rings is 1. The molecule has 1 aromatic rings. The summed E-state index contributed by atoms with van der Waals surface area (Å²) in [6.45, 7) is 3.33. The average molecular weight is 197 g/mol. The number of hydrogen-bond donors (Lipinski definition) is 0. The number of rotatable bonds is 1. The van der Waals surface area contributed by atoms with E-state index in [1.165, 1.54) is 16.4 Å². The van der Waals surface area contributed by atoms with Gasteiger partial charge >= 0.3 is 0 Å². The van der Waals surface area contributed by atoms with Crippen LogP contribution in [0.5, 0.6) is 0 Å². The topological polar surface area (TPSA) is 29.5 Å². The number of aryl methyl sites for hydroxylation is 1. The first-order chi connectivity index (χ1) is 6.29. The van der Waals surface area contributed by atoms with Gasteiger partial charge in [-0.25, -0.2) is 5.06 Å². The molecule has 0 aliphatic carbocycles. The summed E-state index contributed by atoms with van der Waals surface area (Å²) in [5.41, 5.74) is 1.03. The van der Waals surface area contributed by atoms with Crippen molar-refractivity contribution < 1.29 is 9.63 Å². The molecule has 0 unspecified atom stereocenters. The van der Waals surface area contributed by atoms with E-state index in [0.717, 1.165) is 23.4 Å². The van der Waals surface area contributed by atoms with Crippen LogP contribution in [0.2, 0.25) is 0 Å². The summed E-state index contributed by atoms with van der Waals surface area (Å²) in [6, 6.07) is 1.95. The summed E-state index contributed by atoms with van der Waals surface area (Å²) in [6.07, 6.45) is 0.941. The fraction of sp³-hybridized carbons (Fsp3) is 0.444. The van der Waals surface area contributed by atoms with Crippen LogP contribution >= 0.6 is 11.3 Å². The Hall–Kier alpha value is -0.870. The number of carbonyl (C=O) groups is 1. The molecule has 4 heteroatoms. The van der Waals surface area contributed by atoms with Crippen molar-refractivity contribution in [1.29, 1.82) is 0 Å². The first-order valence-electron chi connectivity index (χ1n) is 4.28. The zero-order valence-electron chi connectivity index (χ0n) is 7.45. The summed E-state index contributed by atoms with van der Waals surface area (Å²) in [5.74, 6) is 0.00463. The van der Waals surface area contributed by atoms with Crippen LogP contribution < -0.4 is 0 Å². The second-order valence-corrected chi connectivity index (χ2v) is 3.94. The van der Waals surface area contributed by atoms with Gasteiger partial charge in [0.05, 0.1) is 18.0 Å². The Morgan fingerprint density at radius 1 is 1.69 bits per heavy atom. The van der Waals surface area contributed by atoms with E-state index in [4.69, 9.17) is 4.84 Å². The Balaban J connectivity index is 2.17. The van der Waals surface area contributed by atoms with E-state index < -0.39 is 0 Å². The second kappa shape index (κ2) is 3.47. The first kappa shape index (κ1) is 8.72. The minimum Gasteiger partial charge on any atom is -0.271 e. The Kier molecular flexibility index (Phi) is 2.33. The number of hydroxylamine groups is 2. The quantitative estimate of drug-likeness (QED) is 0.687. The molecule has 1 saturated heterocycles. The molecule has 1 aromatic heterocycles. The van der Waals surface area contributed by atoms with Gasteiger partial charge in [0, 0.05) is 0 Å². The second-order valence-electron chi connectivity index (χ2n) is 3.03. The van der Waals surface area contributed by atoms with Gasteiger partial charge in [0.1, 0.15) is 0 Å². The van der Waals surface area contributed by atoms with Crippen LogP contribution in [0, 0.1) is 6.92 Å². The van der Waals surface area contributed by atoms with Crippen molar-refractivity contribution in [2.24, 2.45) is 0 Å². The van der Waals surface area contributed by atoms with Gasteiger partial charge < -0.3 is 0 Å². The van der Waals surface area contributed by atoms with Crippen molar-refractivity contribution in [2.75, 3.05) is 13.2 Å². The lowest BCUT2D eigenvalue weighted by atomic mass is 10.3. The van der Waals surface area contributed by atoms with Gasteiger partial charge in [-0.1, -0.05) is 0 Å². The molecule has 0 radical (unpaired) electrons. The van der Waals surface area contributed by atoms with E-state index in [9.17, 15) is 4.79 Å². The number of amides is 1. The van der Waals surface area contributed by atoms with Crippen molar-refractivity contribution in [3.63, 3.8) is 0 Å². The van der Waals surface area contributed by atoms with Gasteiger partial charge in [-0.3, -0.25) is 9.63 Å². The summed E-state index contributed by atoms with van der Waals surface area (Å²) < 4.78 is 0. The summed E-state index contributed by atoms with van der Waals surface area (Å²) in [5, 5.41) is 3.39. The van der Waals surface area contributed by atoms with Crippen LogP contribution in [-0.2, 0) is 4.84 Å². The third-order valence-corrected chi connectivity index (χ3v) is 3.04. The van der Waals surface area contributed by atoms with Crippen LogP contribution in [0.15, 0.2) is 11.4 Å². The lowest BCUT2D eigenvalue weighted by molar-refractivity contribution is -0.0765. The normalized spacial score (nSPS) is 16.5. The Morgan fingerprint density at radius 2 is 2.54 bits per heavy atom. The molecule has 0 saturated carbocycles. The predicted octanol–water partition coefficient (Wildman–Crippen LogP) is 1.83. The van der Waals surface area contributed by atoms with Crippen LogP contribution in [0.3, 0.4) is 0 Å². The average Bonchev–Trinajstić information content (AvgIpc) is 2.72. The summed E-state index contributed by atoms with van der Waals surface area (Å²) in [7, 11) is 0. The standard InChI is InChI=1S/C9H11NO2S/c1-7-3-6-13-8(7)9(11)10-4-2-5-12-10/h3,6H,2,4-5H2,1H3. The Morgan fingerprint density at radius 3 is 3.08 bits per heavy atom. The van der Waals surface area contributed by atoms with Gasteiger partial charge in [-0.05, 0) is 30.4 Å². The van der Waals surface area contributed by atoms with Gasteiger partial charge in [-0.15, -0.1) is 11.3 Å². The molecule has 1 amide bonds. The highest BCUT2D eigenvalue weighted by Crippen LogP contribution is 2.19. The molecule has 0 N–H and O–H groups in total. The van der Waals surface area contributed by atoms with E-state index in [0.29, 0.717) is 6.61 Å². The third-order valence-electron chi connectivity index (χ3n) is 2.04. The van der Waals surface area contributed by atoms with Crippen molar-refractivity contribution in [1.82, 2.24) is 5.06 Å². The molecule has 2 rings (SSSR count). The van der Waals surface area contributed by atoms with Crippen LogP contribution in [0.1, 0.15) is 21.7 Å². The van der Waals surface area contributed by atoms with Crippen LogP contribution in [0.4, 0.5) is 0 Å². The molecule has 1 fully saturated rings. The molecule has 0 aromatic carbocycles. The van der Waals surface area contributed by atoms with E-state index in [-0.39, 0.29) is 5.91 Å². The van der Waals surface area contributed by atoms with E-state index in [2.05, 4.69) is 0 Å². The highest BCUT2D eigenvalue weighted by molar-refractivity contribution is 7.12. The molecule has 2 heterocycles. The monoisotopic (exact) mass is 197 g/mol. The zero-order valence-corrected chi connectivity index (χ0v) is 8.26. The lowest BCUT2D eigenvalue weighted by Crippen LogP contribution is -2.26. The number of nitrogens with zero attached hydrogens (tertiary/aromatic N) is 1. The zero-order chi connectivity index (χ0) is 9.26.